The summed E-state index contributed by atoms with van der Waals surface area (Å²) in [4.78, 5) is 25.0. The Balaban J connectivity index is 1.71. The van der Waals surface area contributed by atoms with Crippen molar-refractivity contribution in [2.45, 2.75) is 57.9 Å². The first-order valence-corrected chi connectivity index (χ1v) is 10.0. The summed E-state index contributed by atoms with van der Waals surface area (Å²) in [5, 5.41) is 3.02. The zero-order chi connectivity index (χ0) is 18.4. The summed E-state index contributed by atoms with van der Waals surface area (Å²) < 4.78 is 5.12. The van der Waals surface area contributed by atoms with E-state index in [1.165, 1.54) is 23.7 Å². The number of hydrogen-bond donors (Lipinski definition) is 1. The second-order valence-corrected chi connectivity index (χ2v) is 8.18. The predicted molar refractivity (Wildman–Crippen MR) is 102 cm³/mol. The fourth-order valence-corrected chi connectivity index (χ4v) is 4.13. The monoisotopic (exact) mass is 363 g/mol. The molecule has 1 aliphatic carbocycles. The highest BCUT2D eigenvalue weighted by molar-refractivity contribution is 8.00. The molecule has 0 radical (unpaired) electrons. The lowest BCUT2D eigenvalue weighted by molar-refractivity contribution is -0.146. The van der Waals surface area contributed by atoms with Crippen LogP contribution < -0.4 is 5.32 Å². The Bertz CT molecular complexity index is 617. The highest BCUT2D eigenvalue weighted by atomic mass is 32.2. The number of hydrogen-bond acceptors (Lipinski definition) is 4. The molecule has 0 unspecified atom stereocenters. The molecule has 0 aliphatic heterocycles. The van der Waals surface area contributed by atoms with Gasteiger partial charge in [0, 0.05) is 10.9 Å². The molecular formula is C20H29NO3S. The van der Waals surface area contributed by atoms with Crippen LogP contribution in [0.2, 0.25) is 0 Å². The molecule has 0 aromatic heterocycles. The van der Waals surface area contributed by atoms with Crippen molar-refractivity contribution in [1.29, 1.82) is 0 Å². The van der Waals surface area contributed by atoms with Crippen LogP contribution >= 0.6 is 11.8 Å². The first-order chi connectivity index (χ1) is 11.9. The van der Waals surface area contributed by atoms with Gasteiger partial charge in [0.2, 0.25) is 0 Å². The average Bonchev–Trinajstić information content (AvgIpc) is 2.56. The SMILES string of the molecule is Cc1ccc(SCC(=O)OCC(=O)N[C@@H]2CCC[C@H](C)[C@@H]2C)c(C)c1. The van der Waals surface area contributed by atoms with E-state index in [1.807, 2.05) is 26.0 Å². The van der Waals surface area contributed by atoms with Crippen molar-refractivity contribution in [3.05, 3.63) is 29.3 Å². The molecule has 0 saturated heterocycles. The second-order valence-electron chi connectivity index (χ2n) is 7.16. The number of ether oxygens (including phenoxy) is 1. The van der Waals surface area contributed by atoms with Crippen LogP contribution in [0.15, 0.2) is 23.1 Å². The number of thioether (sulfide) groups is 1. The summed E-state index contributed by atoms with van der Waals surface area (Å²) in [6.07, 6.45) is 3.37. The van der Waals surface area contributed by atoms with E-state index < -0.39 is 0 Å². The molecule has 3 atom stereocenters. The molecule has 1 fully saturated rings. The molecule has 1 amide bonds. The standard InChI is InChI=1S/C20H29NO3S/c1-13-8-9-18(15(3)10-13)25-12-20(23)24-11-19(22)21-17-7-5-6-14(2)16(17)4/h8-10,14,16-17H,5-7,11-12H2,1-4H3,(H,21,22)/t14-,16-,17+/m0/s1. The Morgan fingerprint density at radius 3 is 2.72 bits per heavy atom. The molecule has 0 heterocycles. The minimum Gasteiger partial charge on any atom is -0.455 e. The zero-order valence-corrected chi connectivity index (χ0v) is 16.4. The molecule has 2 rings (SSSR count). The lowest BCUT2D eigenvalue weighted by Crippen LogP contribution is -2.45. The summed E-state index contributed by atoms with van der Waals surface area (Å²) in [5.74, 6) is 0.749. The fourth-order valence-electron chi connectivity index (χ4n) is 3.32. The zero-order valence-electron chi connectivity index (χ0n) is 15.6. The van der Waals surface area contributed by atoms with Gasteiger partial charge in [0.25, 0.3) is 5.91 Å². The van der Waals surface area contributed by atoms with E-state index in [4.69, 9.17) is 4.74 Å². The molecule has 138 valence electrons. The van der Waals surface area contributed by atoms with Crippen LogP contribution in [0.4, 0.5) is 0 Å². The molecule has 1 N–H and O–H groups in total. The molecule has 1 aromatic carbocycles. The largest absolute Gasteiger partial charge is 0.455 e. The Hall–Kier alpha value is -1.49. The number of carbonyl (C=O) groups excluding carboxylic acids is 2. The van der Waals surface area contributed by atoms with Crippen LogP contribution in [-0.2, 0) is 14.3 Å². The second kappa shape index (κ2) is 9.27. The third-order valence-corrected chi connectivity index (χ3v) is 6.24. The van der Waals surface area contributed by atoms with Gasteiger partial charge in [-0.05, 0) is 43.7 Å². The van der Waals surface area contributed by atoms with Crippen molar-refractivity contribution in [3.63, 3.8) is 0 Å². The first-order valence-electron chi connectivity index (χ1n) is 9.02. The molecule has 1 saturated carbocycles. The third-order valence-electron chi connectivity index (χ3n) is 5.09. The first kappa shape index (κ1) is 19.8. The summed E-state index contributed by atoms with van der Waals surface area (Å²) >= 11 is 1.45. The van der Waals surface area contributed by atoms with Gasteiger partial charge >= 0.3 is 5.97 Å². The number of nitrogens with one attached hydrogen (secondary N) is 1. The van der Waals surface area contributed by atoms with Crippen molar-refractivity contribution in [2.75, 3.05) is 12.4 Å². The van der Waals surface area contributed by atoms with Gasteiger partial charge in [0.05, 0.1) is 5.75 Å². The fraction of sp³-hybridized carbons (Fsp3) is 0.600. The number of esters is 1. The van der Waals surface area contributed by atoms with Crippen LogP contribution in [0.25, 0.3) is 0 Å². The van der Waals surface area contributed by atoms with Gasteiger partial charge in [-0.2, -0.15) is 0 Å². The molecule has 25 heavy (non-hydrogen) atoms. The molecule has 1 aromatic rings. The lowest BCUT2D eigenvalue weighted by atomic mass is 9.78. The molecule has 4 nitrogen and oxygen atoms in total. The minimum absolute atomic E-state index is 0.191. The van der Waals surface area contributed by atoms with Gasteiger partial charge in [-0.1, -0.05) is 44.4 Å². The number of aryl methyl sites for hydroxylation is 2. The van der Waals surface area contributed by atoms with E-state index in [0.29, 0.717) is 11.8 Å². The Morgan fingerprint density at radius 2 is 2.00 bits per heavy atom. The number of amides is 1. The van der Waals surface area contributed by atoms with Crippen molar-refractivity contribution in [2.24, 2.45) is 11.8 Å². The lowest BCUT2D eigenvalue weighted by Gasteiger charge is -2.34. The van der Waals surface area contributed by atoms with Crippen LogP contribution in [0, 0.1) is 25.7 Å². The van der Waals surface area contributed by atoms with Gasteiger partial charge in [-0.25, -0.2) is 0 Å². The van der Waals surface area contributed by atoms with E-state index >= 15 is 0 Å². The highest BCUT2D eigenvalue weighted by Gasteiger charge is 2.28. The highest BCUT2D eigenvalue weighted by Crippen LogP contribution is 2.29. The molecule has 1 aliphatic rings. The van der Waals surface area contributed by atoms with Crippen LogP contribution in [-0.4, -0.2) is 30.3 Å². The predicted octanol–water partition coefficient (Wildman–Crippen LogP) is 3.88. The number of benzene rings is 1. The Kier molecular flexibility index (Phi) is 7.36. The van der Waals surface area contributed by atoms with E-state index in [2.05, 4.69) is 25.2 Å². The maximum Gasteiger partial charge on any atom is 0.316 e. The van der Waals surface area contributed by atoms with E-state index in [9.17, 15) is 9.59 Å². The van der Waals surface area contributed by atoms with Gasteiger partial charge in [-0.3, -0.25) is 9.59 Å². The van der Waals surface area contributed by atoms with Gasteiger partial charge in [0.15, 0.2) is 6.61 Å². The van der Waals surface area contributed by atoms with Gasteiger partial charge in [-0.15, -0.1) is 11.8 Å². The average molecular weight is 364 g/mol. The summed E-state index contributed by atoms with van der Waals surface area (Å²) in [5.41, 5.74) is 2.35. The summed E-state index contributed by atoms with van der Waals surface area (Å²) in [6, 6.07) is 6.33. The molecule has 5 heteroatoms. The van der Waals surface area contributed by atoms with Gasteiger partial charge in [0.1, 0.15) is 0 Å². The molecular weight excluding hydrogens is 334 g/mol. The molecule has 0 bridgehead atoms. The summed E-state index contributed by atoms with van der Waals surface area (Å²) in [7, 11) is 0. The van der Waals surface area contributed by atoms with E-state index in [-0.39, 0.29) is 30.3 Å². The van der Waals surface area contributed by atoms with Crippen LogP contribution in [0.5, 0.6) is 0 Å². The van der Waals surface area contributed by atoms with Crippen LogP contribution in [0.1, 0.15) is 44.2 Å². The topological polar surface area (TPSA) is 55.4 Å². The van der Waals surface area contributed by atoms with E-state index in [1.54, 1.807) is 0 Å². The van der Waals surface area contributed by atoms with E-state index in [0.717, 1.165) is 23.3 Å². The maximum absolute atomic E-state index is 12.0. The Labute approximate surface area is 155 Å². The number of rotatable bonds is 6. The van der Waals surface area contributed by atoms with Gasteiger partial charge < -0.3 is 10.1 Å². The van der Waals surface area contributed by atoms with Crippen molar-refractivity contribution in [1.82, 2.24) is 5.32 Å². The smallest absolute Gasteiger partial charge is 0.316 e. The third kappa shape index (κ3) is 6.07. The summed E-state index contributed by atoms with van der Waals surface area (Å²) in [6.45, 7) is 8.29. The minimum atomic E-state index is -0.356. The molecule has 0 spiro atoms. The number of carbonyl (C=O) groups is 2. The maximum atomic E-state index is 12.0. The Morgan fingerprint density at radius 1 is 1.24 bits per heavy atom. The van der Waals surface area contributed by atoms with Crippen LogP contribution in [0.3, 0.4) is 0 Å². The van der Waals surface area contributed by atoms with Crippen molar-refractivity contribution < 1.29 is 14.3 Å². The normalized spacial score (nSPS) is 23.1. The quantitative estimate of drug-likeness (QED) is 0.615. The van der Waals surface area contributed by atoms with Crippen molar-refractivity contribution in [3.8, 4) is 0 Å². The van der Waals surface area contributed by atoms with Crippen molar-refractivity contribution >= 4 is 23.6 Å².